The van der Waals surface area contributed by atoms with Gasteiger partial charge in [-0.3, -0.25) is 4.79 Å². The minimum absolute atomic E-state index is 0.0344. The van der Waals surface area contributed by atoms with Gasteiger partial charge in [0.05, 0.1) is 0 Å². The molecule has 0 aromatic heterocycles. The first kappa shape index (κ1) is 14.2. The Morgan fingerprint density at radius 3 is 2.42 bits per heavy atom. The van der Waals surface area contributed by atoms with E-state index in [2.05, 4.69) is 5.16 Å². The molecule has 2 rings (SSSR count). The molecule has 3 N–H and O–H groups in total. The number of carbonyl (C=O) groups excluding carboxylic acids is 1. The molecular weight excluding hydrogens is 242 g/mol. The Balaban J connectivity index is 2.06. The highest BCUT2D eigenvalue weighted by atomic mass is 16.4. The zero-order chi connectivity index (χ0) is 13.9. The molecule has 2 aliphatic carbocycles. The Morgan fingerprint density at radius 1 is 1.32 bits per heavy atom. The van der Waals surface area contributed by atoms with Crippen LogP contribution in [0.3, 0.4) is 0 Å². The van der Waals surface area contributed by atoms with Gasteiger partial charge in [0.25, 0.3) is 0 Å². The molecule has 0 heterocycles. The lowest BCUT2D eigenvalue weighted by atomic mass is 9.83. The standard InChI is InChI=1S/C14H25N3O2/c1-17(10-11-6-2-3-7-11)13(18)14(12(15)16-19)8-4-5-9-14/h11,19H,2-10H2,1H3,(H2,15,16). The van der Waals surface area contributed by atoms with Crippen LogP contribution in [0, 0.1) is 11.3 Å². The summed E-state index contributed by atoms with van der Waals surface area (Å²) in [5.74, 6) is 0.750. The van der Waals surface area contributed by atoms with Gasteiger partial charge >= 0.3 is 0 Å². The summed E-state index contributed by atoms with van der Waals surface area (Å²) in [5.41, 5.74) is 5.06. The van der Waals surface area contributed by atoms with Gasteiger partial charge in [0.1, 0.15) is 5.41 Å². The second-order valence-corrected chi connectivity index (χ2v) is 6.11. The van der Waals surface area contributed by atoms with Crippen LogP contribution in [-0.4, -0.2) is 35.4 Å². The van der Waals surface area contributed by atoms with Crippen LogP contribution in [0.1, 0.15) is 51.4 Å². The van der Waals surface area contributed by atoms with E-state index in [4.69, 9.17) is 10.9 Å². The Kier molecular flexibility index (Phi) is 4.32. The number of rotatable bonds is 4. The molecule has 108 valence electrons. The minimum Gasteiger partial charge on any atom is -0.409 e. The SMILES string of the molecule is CN(CC1CCCC1)C(=O)C1(C(N)=NO)CCCC1. The quantitative estimate of drug-likeness (QED) is 0.353. The largest absolute Gasteiger partial charge is 0.409 e. The van der Waals surface area contributed by atoms with Crippen molar-refractivity contribution in [2.45, 2.75) is 51.4 Å². The smallest absolute Gasteiger partial charge is 0.236 e. The fourth-order valence-electron chi connectivity index (χ4n) is 3.68. The van der Waals surface area contributed by atoms with Crippen molar-refractivity contribution in [3.05, 3.63) is 0 Å². The molecule has 1 amide bonds. The monoisotopic (exact) mass is 267 g/mol. The van der Waals surface area contributed by atoms with E-state index in [1.807, 2.05) is 7.05 Å². The predicted octanol–water partition coefficient (Wildman–Crippen LogP) is 1.94. The zero-order valence-corrected chi connectivity index (χ0v) is 11.8. The molecule has 0 radical (unpaired) electrons. The second-order valence-electron chi connectivity index (χ2n) is 6.11. The lowest BCUT2D eigenvalue weighted by molar-refractivity contribution is -0.137. The van der Waals surface area contributed by atoms with Crippen LogP contribution in [0.4, 0.5) is 0 Å². The van der Waals surface area contributed by atoms with E-state index in [1.54, 1.807) is 4.90 Å². The number of amidine groups is 1. The van der Waals surface area contributed by atoms with Crippen LogP contribution in [0.5, 0.6) is 0 Å². The molecular formula is C14H25N3O2. The number of hydrogen-bond acceptors (Lipinski definition) is 3. The average molecular weight is 267 g/mol. The molecule has 0 spiro atoms. The first-order valence-electron chi connectivity index (χ1n) is 7.34. The van der Waals surface area contributed by atoms with Crippen molar-refractivity contribution in [2.75, 3.05) is 13.6 Å². The minimum atomic E-state index is -0.748. The molecule has 5 nitrogen and oxygen atoms in total. The lowest BCUT2D eigenvalue weighted by Crippen LogP contribution is -2.49. The molecule has 0 unspecified atom stereocenters. The van der Waals surface area contributed by atoms with Gasteiger partial charge in [-0.2, -0.15) is 0 Å². The third kappa shape index (κ3) is 2.69. The number of amides is 1. The Hall–Kier alpha value is -1.26. The van der Waals surface area contributed by atoms with Gasteiger partial charge in [-0.1, -0.05) is 30.8 Å². The van der Waals surface area contributed by atoms with Crippen molar-refractivity contribution in [1.82, 2.24) is 4.90 Å². The Bertz CT molecular complexity index is 356. The summed E-state index contributed by atoms with van der Waals surface area (Å²) >= 11 is 0. The highest BCUT2D eigenvalue weighted by molar-refractivity contribution is 6.06. The number of nitrogens with zero attached hydrogens (tertiary/aromatic N) is 2. The average Bonchev–Trinajstić information content (AvgIpc) is 3.08. The number of carbonyl (C=O) groups is 1. The normalized spacial score (nSPS) is 23.7. The molecule has 0 aromatic carbocycles. The van der Waals surface area contributed by atoms with Gasteiger partial charge in [0.15, 0.2) is 5.84 Å². The molecule has 0 aliphatic heterocycles. The first-order chi connectivity index (χ1) is 9.10. The summed E-state index contributed by atoms with van der Waals surface area (Å²) in [4.78, 5) is 14.5. The molecule has 2 aliphatic rings. The maximum Gasteiger partial charge on any atom is 0.236 e. The number of oxime groups is 1. The van der Waals surface area contributed by atoms with E-state index in [9.17, 15) is 4.79 Å². The summed E-state index contributed by atoms with van der Waals surface area (Å²) in [5, 5.41) is 12.1. The van der Waals surface area contributed by atoms with Gasteiger partial charge in [-0.25, -0.2) is 0 Å². The lowest BCUT2D eigenvalue weighted by Gasteiger charge is -2.32. The van der Waals surface area contributed by atoms with Crippen LogP contribution in [0.2, 0.25) is 0 Å². The molecule has 2 fully saturated rings. The fraction of sp³-hybridized carbons (Fsp3) is 0.857. The van der Waals surface area contributed by atoms with Crippen molar-refractivity contribution in [1.29, 1.82) is 0 Å². The third-order valence-electron chi connectivity index (χ3n) is 4.82. The van der Waals surface area contributed by atoms with Gasteiger partial charge in [-0.05, 0) is 31.6 Å². The summed E-state index contributed by atoms with van der Waals surface area (Å²) in [6.45, 7) is 0.805. The maximum absolute atomic E-state index is 12.7. The Morgan fingerprint density at radius 2 is 1.89 bits per heavy atom. The number of nitrogens with two attached hydrogens (primary N) is 1. The summed E-state index contributed by atoms with van der Waals surface area (Å²) < 4.78 is 0. The van der Waals surface area contributed by atoms with Crippen molar-refractivity contribution in [3.8, 4) is 0 Å². The fourth-order valence-corrected chi connectivity index (χ4v) is 3.68. The molecule has 0 atom stereocenters. The first-order valence-corrected chi connectivity index (χ1v) is 7.34. The van der Waals surface area contributed by atoms with Crippen LogP contribution < -0.4 is 5.73 Å². The van der Waals surface area contributed by atoms with Gasteiger partial charge in [-0.15, -0.1) is 0 Å². The van der Waals surface area contributed by atoms with E-state index in [0.717, 1.165) is 19.4 Å². The van der Waals surface area contributed by atoms with Crippen molar-refractivity contribution in [3.63, 3.8) is 0 Å². The molecule has 0 bridgehead atoms. The van der Waals surface area contributed by atoms with E-state index < -0.39 is 5.41 Å². The highest BCUT2D eigenvalue weighted by Crippen LogP contribution is 2.40. The third-order valence-corrected chi connectivity index (χ3v) is 4.82. The summed E-state index contributed by atoms with van der Waals surface area (Å²) in [6.07, 6.45) is 8.34. The Labute approximate surface area is 114 Å². The topological polar surface area (TPSA) is 78.9 Å². The summed E-state index contributed by atoms with van der Waals surface area (Å²) in [6, 6.07) is 0. The van der Waals surface area contributed by atoms with Gasteiger partial charge in [0.2, 0.25) is 5.91 Å². The zero-order valence-electron chi connectivity index (χ0n) is 11.8. The molecule has 19 heavy (non-hydrogen) atoms. The van der Waals surface area contributed by atoms with Crippen LogP contribution >= 0.6 is 0 Å². The van der Waals surface area contributed by atoms with Crippen molar-refractivity contribution >= 4 is 11.7 Å². The van der Waals surface area contributed by atoms with Crippen molar-refractivity contribution < 1.29 is 10.0 Å². The highest BCUT2D eigenvalue weighted by Gasteiger charge is 2.47. The van der Waals surface area contributed by atoms with E-state index in [-0.39, 0.29) is 11.7 Å². The molecule has 0 aromatic rings. The second kappa shape index (κ2) is 5.80. The van der Waals surface area contributed by atoms with Crippen LogP contribution in [0.25, 0.3) is 0 Å². The van der Waals surface area contributed by atoms with E-state index in [1.165, 1.54) is 25.7 Å². The van der Waals surface area contributed by atoms with E-state index >= 15 is 0 Å². The van der Waals surface area contributed by atoms with E-state index in [0.29, 0.717) is 18.8 Å². The van der Waals surface area contributed by atoms with Gasteiger partial charge < -0.3 is 15.8 Å². The molecule has 2 saturated carbocycles. The van der Waals surface area contributed by atoms with Crippen LogP contribution in [0.15, 0.2) is 5.16 Å². The summed E-state index contributed by atoms with van der Waals surface area (Å²) in [7, 11) is 1.85. The number of hydrogen-bond donors (Lipinski definition) is 2. The molecule has 0 saturated heterocycles. The van der Waals surface area contributed by atoms with Crippen molar-refractivity contribution in [2.24, 2.45) is 22.2 Å². The predicted molar refractivity (Wildman–Crippen MR) is 73.9 cm³/mol. The molecule has 5 heteroatoms. The van der Waals surface area contributed by atoms with Gasteiger partial charge in [0, 0.05) is 13.6 Å². The van der Waals surface area contributed by atoms with Crippen LogP contribution in [-0.2, 0) is 4.79 Å². The maximum atomic E-state index is 12.7.